The SMILES string of the molecule is O=C([C@@H]1CN(CCCS(=O)(=O)[O-])c2ccccc2O1)N1CCCCC1. The van der Waals surface area contributed by atoms with E-state index < -0.39 is 22.0 Å². The van der Waals surface area contributed by atoms with E-state index in [1.165, 1.54) is 0 Å². The van der Waals surface area contributed by atoms with Crippen LogP contribution in [-0.4, -0.2) is 61.8 Å². The number of fused-ring (bicyclic) bond motifs is 1. The third-order valence-corrected chi connectivity index (χ3v) is 5.42. The van der Waals surface area contributed by atoms with Crippen molar-refractivity contribution in [1.29, 1.82) is 0 Å². The highest BCUT2D eigenvalue weighted by Gasteiger charge is 2.33. The van der Waals surface area contributed by atoms with Crippen LogP contribution < -0.4 is 9.64 Å². The number of rotatable bonds is 5. The molecule has 1 saturated heterocycles. The summed E-state index contributed by atoms with van der Waals surface area (Å²) >= 11 is 0. The fourth-order valence-corrected chi connectivity index (χ4v) is 3.88. The van der Waals surface area contributed by atoms with Crippen molar-refractivity contribution in [3.8, 4) is 5.75 Å². The Hall–Kier alpha value is -1.80. The zero-order valence-electron chi connectivity index (χ0n) is 14.1. The quantitative estimate of drug-likeness (QED) is 0.727. The monoisotopic (exact) mass is 367 g/mol. The molecule has 0 spiro atoms. The van der Waals surface area contributed by atoms with Crippen LogP contribution in [0.1, 0.15) is 25.7 Å². The Morgan fingerprint density at radius 1 is 1.20 bits per heavy atom. The average molecular weight is 367 g/mol. The first-order valence-electron chi connectivity index (χ1n) is 8.67. The Morgan fingerprint density at radius 3 is 2.64 bits per heavy atom. The molecule has 0 aliphatic carbocycles. The van der Waals surface area contributed by atoms with Gasteiger partial charge in [-0.3, -0.25) is 4.79 Å². The van der Waals surface area contributed by atoms with Crippen molar-refractivity contribution < 1.29 is 22.5 Å². The van der Waals surface area contributed by atoms with Crippen LogP contribution in [0.4, 0.5) is 5.69 Å². The number of nitrogens with zero attached hydrogens (tertiary/aromatic N) is 2. The summed E-state index contributed by atoms with van der Waals surface area (Å²) in [6, 6.07) is 7.39. The molecule has 2 aliphatic rings. The molecule has 1 aromatic carbocycles. The first-order valence-corrected chi connectivity index (χ1v) is 10.2. The van der Waals surface area contributed by atoms with Crippen LogP contribution in [0.15, 0.2) is 24.3 Å². The van der Waals surface area contributed by atoms with E-state index in [1.807, 2.05) is 34.1 Å². The van der Waals surface area contributed by atoms with E-state index in [1.54, 1.807) is 0 Å². The van der Waals surface area contributed by atoms with Crippen LogP contribution in [0.2, 0.25) is 0 Å². The second-order valence-corrected chi connectivity index (χ2v) is 8.05. The molecule has 1 aromatic rings. The van der Waals surface area contributed by atoms with Crippen molar-refractivity contribution in [2.24, 2.45) is 0 Å². The summed E-state index contributed by atoms with van der Waals surface area (Å²) in [6.07, 6.45) is 2.80. The largest absolute Gasteiger partial charge is 0.748 e. The second-order valence-electron chi connectivity index (χ2n) is 6.52. The number of amides is 1. The molecule has 1 fully saturated rings. The molecule has 8 heteroatoms. The Morgan fingerprint density at radius 2 is 1.92 bits per heavy atom. The predicted molar refractivity (Wildman–Crippen MR) is 92.7 cm³/mol. The number of hydrogen-bond donors (Lipinski definition) is 0. The van der Waals surface area contributed by atoms with E-state index in [9.17, 15) is 17.8 Å². The number of anilines is 1. The minimum Gasteiger partial charge on any atom is -0.748 e. The van der Waals surface area contributed by atoms with E-state index in [0.29, 0.717) is 18.8 Å². The summed E-state index contributed by atoms with van der Waals surface area (Å²) in [5.41, 5.74) is 0.827. The molecule has 0 N–H and O–H groups in total. The first-order chi connectivity index (χ1) is 11.9. The lowest BCUT2D eigenvalue weighted by molar-refractivity contribution is -0.139. The number of para-hydroxylation sites is 2. The third kappa shape index (κ3) is 4.64. The maximum Gasteiger partial charge on any atom is 0.265 e. The van der Waals surface area contributed by atoms with Gasteiger partial charge in [-0.05, 0) is 37.8 Å². The van der Waals surface area contributed by atoms with E-state index in [4.69, 9.17) is 4.74 Å². The summed E-state index contributed by atoms with van der Waals surface area (Å²) in [6.45, 7) is 2.28. The number of benzene rings is 1. The summed E-state index contributed by atoms with van der Waals surface area (Å²) < 4.78 is 38.4. The molecule has 0 radical (unpaired) electrons. The average Bonchev–Trinajstić information content (AvgIpc) is 2.60. The molecule has 0 bridgehead atoms. The highest BCUT2D eigenvalue weighted by Crippen LogP contribution is 2.33. The second kappa shape index (κ2) is 7.61. The lowest BCUT2D eigenvalue weighted by atomic mass is 10.1. The molecule has 25 heavy (non-hydrogen) atoms. The number of carbonyl (C=O) groups excluding carboxylic acids is 1. The maximum atomic E-state index is 12.8. The smallest absolute Gasteiger partial charge is 0.265 e. The van der Waals surface area contributed by atoms with Gasteiger partial charge in [-0.25, -0.2) is 8.42 Å². The van der Waals surface area contributed by atoms with Crippen LogP contribution in [0.25, 0.3) is 0 Å². The molecular formula is C17H23N2O5S-. The molecule has 2 aliphatic heterocycles. The Kier molecular flexibility index (Phi) is 5.48. The molecule has 138 valence electrons. The summed E-state index contributed by atoms with van der Waals surface area (Å²) in [4.78, 5) is 16.6. The zero-order valence-corrected chi connectivity index (χ0v) is 14.9. The highest BCUT2D eigenvalue weighted by molar-refractivity contribution is 7.85. The molecule has 1 atom stereocenters. The van der Waals surface area contributed by atoms with Gasteiger partial charge in [0.05, 0.1) is 22.4 Å². The van der Waals surface area contributed by atoms with Crippen molar-refractivity contribution in [1.82, 2.24) is 4.90 Å². The Labute approximate surface area is 148 Å². The van der Waals surface area contributed by atoms with Crippen LogP contribution >= 0.6 is 0 Å². The van der Waals surface area contributed by atoms with Gasteiger partial charge in [-0.15, -0.1) is 0 Å². The number of likely N-dealkylation sites (tertiary alicyclic amines) is 1. The van der Waals surface area contributed by atoms with E-state index in [0.717, 1.165) is 38.0 Å². The topological polar surface area (TPSA) is 90.0 Å². The minimum atomic E-state index is -4.23. The standard InChI is InChI=1S/C17H24N2O5S/c20-17(18-9-4-1-5-10-18)16-13-19(11-6-12-25(21,22)23)14-7-2-3-8-15(14)24-16/h2-3,7-8,16H,1,4-6,9-13H2,(H,21,22,23)/p-1/t16-/m0/s1. The number of piperidine rings is 1. The van der Waals surface area contributed by atoms with Crippen LogP contribution in [0.5, 0.6) is 5.75 Å². The van der Waals surface area contributed by atoms with Gasteiger partial charge in [-0.1, -0.05) is 12.1 Å². The molecule has 1 amide bonds. The molecule has 0 aromatic heterocycles. The predicted octanol–water partition coefficient (Wildman–Crippen LogP) is 1.20. The van der Waals surface area contributed by atoms with E-state index in [-0.39, 0.29) is 12.3 Å². The molecule has 2 heterocycles. The van der Waals surface area contributed by atoms with Crippen molar-refractivity contribution in [2.75, 3.05) is 36.8 Å². The summed E-state index contributed by atoms with van der Waals surface area (Å²) in [5, 5.41) is 0. The minimum absolute atomic E-state index is 0.0179. The van der Waals surface area contributed by atoms with Crippen LogP contribution in [0, 0.1) is 0 Å². The lowest BCUT2D eigenvalue weighted by Crippen LogP contribution is -2.51. The van der Waals surface area contributed by atoms with Gasteiger partial charge >= 0.3 is 0 Å². The van der Waals surface area contributed by atoms with Gasteiger partial charge < -0.3 is 19.1 Å². The maximum absolute atomic E-state index is 12.8. The van der Waals surface area contributed by atoms with Crippen molar-refractivity contribution in [3.05, 3.63) is 24.3 Å². The third-order valence-electron chi connectivity index (χ3n) is 4.63. The molecular weight excluding hydrogens is 344 g/mol. The van der Waals surface area contributed by atoms with Gasteiger partial charge in [-0.2, -0.15) is 0 Å². The van der Waals surface area contributed by atoms with Crippen molar-refractivity contribution in [3.63, 3.8) is 0 Å². The van der Waals surface area contributed by atoms with Gasteiger partial charge in [0, 0.05) is 25.4 Å². The first kappa shape index (κ1) is 18.0. The van der Waals surface area contributed by atoms with Crippen LogP contribution in [-0.2, 0) is 14.9 Å². The number of hydrogen-bond acceptors (Lipinski definition) is 6. The number of ether oxygens (including phenoxy) is 1. The van der Waals surface area contributed by atoms with E-state index >= 15 is 0 Å². The number of carbonyl (C=O) groups is 1. The molecule has 3 rings (SSSR count). The Balaban J connectivity index is 1.72. The van der Waals surface area contributed by atoms with Crippen LogP contribution in [0.3, 0.4) is 0 Å². The van der Waals surface area contributed by atoms with Crippen molar-refractivity contribution in [2.45, 2.75) is 31.8 Å². The highest BCUT2D eigenvalue weighted by atomic mass is 32.2. The normalized spacial score (nSPS) is 20.8. The van der Waals surface area contributed by atoms with Crippen molar-refractivity contribution >= 4 is 21.7 Å². The van der Waals surface area contributed by atoms with Gasteiger partial charge in [0.2, 0.25) is 0 Å². The lowest BCUT2D eigenvalue weighted by Gasteiger charge is -2.38. The molecule has 0 saturated carbocycles. The van der Waals surface area contributed by atoms with E-state index in [2.05, 4.69) is 0 Å². The zero-order chi connectivity index (χ0) is 17.9. The Bertz CT molecular complexity index is 716. The summed E-state index contributed by atoms with van der Waals surface area (Å²) in [7, 11) is -4.23. The molecule has 7 nitrogen and oxygen atoms in total. The fraction of sp³-hybridized carbons (Fsp3) is 0.588. The van der Waals surface area contributed by atoms with Gasteiger partial charge in [0.15, 0.2) is 6.10 Å². The molecule has 0 unspecified atom stereocenters. The fourth-order valence-electron chi connectivity index (χ4n) is 3.40. The van der Waals surface area contributed by atoms with Gasteiger partial charge in [0.25, 0.3) is 5.91 Å². The summed E-state index contributed by atoms with van der Waals surface area (Å²) in [5.74, 6) is 0.196. The van der Waals surface area contributed by atoms with Gasteiger partial charge in [0.1, 0.15) is 5.75 Å².